The van der Waals surface area contributed by atoms with Crippen LogP contribution in [-0.4, -0.2) is 238 Å². The minimum Gasteiger partial charge on any atom is -0.469 e. The first kappa shape index (κ1) is 83.2. The van der Waals surface area contributed by atoms with Crippen molar-refractivity contribution in [2.24, 2.45) is 23.7 Å². The van der Waals surface area contributed by atoms with Crippen LogP contribution >= 0.6 is 35.3 Å². The number of hydrogen-bond acceptors (Lipinski definition) is 25. The standard InChI is InChI=1S/C69H94N10O22S3/c1-8-34(2)61-53(86)24-40-22-43-42-21-39-23-50(83)35(3)19-51(84)37(5)73-55(87)13-17-99-15-9-11-48(81)62-63(104-33-103-62)49(82)12-10-16-100-18-14-56(88)74-38(6)52(85)20-36(4)69(97)101-54(39)26-44(42)77-67(43)102-32-46(75-59(91)30-71-57(89)28-70-58(90)29-72-64(40)93)65(94)76-45(27-60(92)98-7)68(96)79-31-41(80)25-47(79)66(95)78-61/h21,26,34-38,40-41,45-47,61-63,77,80H,8-20,22-25,27-33H2,1-7H3,(H,70,90)(H,71,89)(H,72,93)(H,73,87)(H,74,88)(H,75,91)(H,76,94)(H,78,95)/t34-,35?,36?,37?,38?,40+,41-,45-,46-,47-,61-,62?,63?/m0/s1. The lowest BCUT2D eigenvalue weighted by molar-refractivity contribution is -0.148. The van der Waals surface area contributed by atoms with Gasteiger partial charge in [0.15, 0.2) is 17.3 Å². The number of aliphatic hydroxyl groups excluding tert-OH is 1. The zero-order chi connectivity index (χ0) is 76.1. The number of Topliss-reactive ketones (excluding diaryl/α,β-unsaturated/α-hetero) is 6. The Labute approximate surface area is 613 Å². The van der Waals surface area contributed by atoms with E-state index in [2.05, 4.69) is 47.5 Å². The largest absolute Gasteiger partial charge is 0.469 e. The van der Waals surface area contributed by atoms with Gasteiger partial charge >= 0.3 is 11.9 Å². The first-order valence-corrected chi connectivity index (χ1v) is 38.0. The second kappa shape index (κ2) is 39.8. The van der Waals surface area contributed by atoms with Crippen LogP contribution in [0.15, 0.2) is 17.2 Å². The zero-order valence-corrected chi connectivity index (χ0v) is 61.8. The van der Waals surface area contributed by atoms with Crippen LogP contribution in [0, 0.1) is 23.7 Å². The Morgan fingerprint density at radius 3 is 1.82 bits per heavy atom. The van der Waals surface area contributed by atoms with Gasteiger partial charge in [-0.1, -0.05) is 34.1 Å². The number of methoxy groups -OCH3 is 1. The third-order valence-corrected chi connectivity index (χ3v) is 22.8. The van der Waals surface area contributed by atoms with E-state index < -0.39 is 229 Å². The molecule has 0 saturated carbocycles. The number of thioether (sulfide) groups is 3. The van der Waals surface area contributed by atoms with Crippen molar-refractivity contribution in [1.82, 2.24) is 52.4 Å². The van der Waals surface area contributed by atoms with Gasteiger partial charge in [-0.15, -0.1) is 35.3 Å². The molecule has 1 aromatic heterocycles. The SMILES string of the molecule is CC[C@H](C)[C@@H]1NC(=O)[C@@H]2C[C@H](O)CN2C(=O)[C@H](CC(=O)OC)NC(=O)[C@@H]2CSc3[nH]c4cc5c(cc4c3C[C@H](CC1=O)C(=O)NCC(=O)NCC(=O)NCC(=O)N2)CC(=O)C(C)CC(=O)C(C)NC(=O)CCOCCCC(=O)C1SCSC1C(=O)CCCOCCC(=O)NC(C)C(=O)CC(C)C(=O)O5. The molecular formula is C69H94N10O22S3. The highest BCUT2D eigenvalue weighted by atomic mass is 32.2. The molecule has 5 aliphatic rings. The molecule has 9 amide bonds. The topological polar surface area (TPSA) is 463 Å². The molecule has 570 valence electrons. The van der Waals surface area contributed by atoms with E-state index in [1.165, 1.54) is 63.4 Å². The fraction of sp³-hybridized carbons (Fsp3) is 0.638. The summed E-state index contributed by atoms with van der Waals surface area (Å²) in [6.45, 7) is 6.73. The second-order valence-electron chi connectivity index (χ2n) is 26.8. The quantitative estimate of drug-likeness (QED) is 0.139. The number of fused-ring (bicyclic) bond motifs is 7. The normalized spacial score (nSPS) is 28.8. The lowest BCUT2D eigenvalue weighted by Crippen LogP contribution is -2.59. The van der Waals surface area contributed by atoms with Crippen LogP contribution in [0.5, 0.6) is 5.75 Å². The number of nitrogens with one attached hydrogen (secondary N) is 9. The predicted molar refractivity (Wildman–Crippen MR) is 377 cm³/mol. The van der Waals surface area contributed by atoms with Crippen molar-refractivity contribution in [3.8, 4) is 5.75 Å². The summed E-state index contributed by atoms with van der Waals surface area (Å²) in [5.74, 6) is -17.2. The first-order valence-electron chi connectivity index (χ1n) is 34.9. The summed E-state index contributed by atoms with van der Waals surface area (Å²) in [4.78, 5) is 240. The van der Waals surface area contributed by atoms with Gasteiger partial charge in [-0.05, 0) is 50.7 Å². The second-order valence-corrected chi connectivity index (χ2v) is 30.4. The highest BCUT2D eigenvalue weighted by Crippen LogP contribution is 2.40. The van der Waals surface area contributed by atoms with Crippen molar-refractivity contribution in [2.75, 3.05) is 70.6 Å². The smallest absolute Gasteiger partial charge is 0.314 e. The van der Waals surface area contributed by atoms with Gasteiger partial charge < -0.3 is 76.5 Å². The van der Waals surface area contributed by atoms with E-state index in [9.17, 15) is 81.8 Å². The molecule has 2 bridgehead atoms. The minimum atomic E-state index is -1.81. The maximum absolute atomic E-state index is 15.1. The molecule has 104 heavy (non-hydrogen) atoms. The number of amides is 9. The number of H-pyrrole nitrogens is 1. The summed E-state index contributed by atoms with van der Waals surface area (Å²) in [6.07, 6.45) is -3.96. The Morgan fingerprint density at radius 2 is 1.22 bits per heavy atom. The summed E-state index contributed by atoms with van der Waals surface area (Å²) in [7, 11) is 1.03. The lowest BCUT2D eigenvalue weighted by Gasteiger charge is -2.31. The monoisotopic (exact) mass is 1510 g/mol. The van der Waals surface area contributed by atoms with Crippen molar-refractivity contribution in [2.45, 2.75) is 189 Å². The number of aromatic amines is 1. The lowest BCUT2D eigenvalue weighted by atomic mass is 9.86. The maximum atomic E-state index is 15.1. The van der Waals surface area contributed by atoms with E-state index in [-0.39, 0.29) is 116 Å². The molecule has 1 aromatic carbocycles. The average Bonchev–Trinajstić information content (AvgIpc) is 1.61. The molecular weight excluding hydrogens is 1420 g/mol. The summed E-state index contributed by atoms with van der Waals surface area (Å²) < 4.78 is 22.3. The van der Waals surface area contributed by atoms with Crippen LogP contribution in [0.3, 0.4) is 0 Å². The summed E-state index contributed by atoms with van der Waals surface area (Å²) >= 11 is 3.67. The van der Waals surface area contributed by atoms with Gasteiger partial charge in [0.05, 0.1) is 97.6 Å². The van der Waals surface area contributed by atoms with Gasteiger partial charge in [0, 0.05) is 117 Å². The Morgan fingerprint density at radius 1 is 0.635 bits per heavy atom. The van der Waals surface area contributed by atoms with Crippen molar-refractivity contribution in [3.63, 3.8) is 0 Å². The fourth-order valence-electron chi connectivity index (χ4n) is 12.3. The number of esters is 2. The van der Waals surface area contributed by atoms with E-state index in [1.807, 2.05) is 0 Å². The third kappa shape index (κ3) is 24.0. The number of ketones is 6. The molecule has 2 aromatic rings. The van der Waals surface area contributed by atoms with Crippen molar-refractivity contribution in [3.05, 3.63) is 23.3 Å². The van der Waals surface area contributed by atoms with Crippen LogP contribution in [0.1, 0.15) is 130 Å². The summed E-state index contributed by atoms with van der Waals surface area (Å²) in [5, 5.41) is 31.1. The van der Waals surface area contributed by atoms with E-state index >= 15 is 4.79 Å². The van der Waals surface area contributed by atoms with Gasteiger partial charge in [0.2, 0.25) is 53.2 Å². The van der Waals surface area contributed by atoms with E-state index in [4.69, 9.17) is 18.9 Å². The fourth-order valence-corrected chi connectivity index (χ4v) is 16.6. The molecule has 5 aliphatic heterocycles. The van der Waals surface area contributed by atoms with Gasteiger partial charge in [-0.25, -0.2) is 0 Å². The average molecular weight is 1510 g/mol. The number of ether oxygens (including phenoxy) is 4. The van der Waals surface area contributed by atoms with Crippen LogP contribution in [0.4, 0.5) is 0 Å². The maximum Gasteiger partial charge on any atom is 0.314 e. The molecule has 10 N–H and O–H groups in total. The molecule has 2 saturated heterocycles. The molecule has 13 atom stereocenters. The number of aromatic nitrogens is 1. The molecule has 0 spiro atoms. The number of hydrogen-bond donors (Lipinski definition) is 10. The number of aliphatic hydroxyl groups is 1. The number of carbonyl (C=O) groups excluding carboxylic acids is 17. The Hall–Kier alpha value is -8.12. The molecule has 0 aliphatic carbocycles. The van der Waals surface area contributed by atoms with Gasteiger partial charge in [0.25, 0.3) is 0 Å². The molecule has 2 fully saturated rings. The van der Waals surface area contributed by atoms with E-state index in [1.54, 1.807) is 13.8 Å². The number of nitrogens with zero attached hydrogens (tertiary/aromatic N) is 1. The highest BCUT2D eigenvalue weighted by molar-refractivity contribution is 8.20. The molecule has 0 radical (unpaired) electrons. The molecule has 32 nitrogen and oxygen atoms in total. The number of carbonyl (C=O) groups is 17. The zero-order valence-electron chi connectivity index (χ0n) is 59.3. The molecule has 6 unspecified atom stereocenters. The van der Waals surface area contributed by atoms with Crippen LogP contribution in [0.2, 0.25) is 0 Å². The van der Waals surface area contributed by atoms with E-state index in [0.29, 0.717) is 17.9 Å². The van der Waals surface area contributed by atoms with Crippen LogP contribution < -0.4 is 47.3 Å². The van der Waals surface area contributed by atoms with Crippen LogP contribution in [-0.2, 0) is 109 Å². The number of rotatable bonds is 4. The minimum absolute atomic E-state index is 0.0135. The van der Waals surface area contributed by atoms with Gasteiger partial charge in [-0.2, -0.15) is 0 Å². The Kier molecular flexibility index (Phi) is 31.9. The van der Waals surface area contributed by atoms with E-state index in [0.717, 1.165) is 23.8 Å². The van der Waals surface area contributed by atoms with Gasteiger partial charge in [0.1, 0.15) is 41.2 Å². The van der Waals surface area contributed by atoms with Crippen molar-refractivity contribution >= 4 is 146 Å². The van der Waals surface area contributed by atoms with Crippen molar-refractivity contribution in [1.29, 1.82) is 0 Å². The summed E-state index contributed by atoms with van der Waals surface area (Å²) in [5.41, 5.74) is 0.353. The molecule has 6 heterocycles. The first-order chi connectivity index (χ1) is 49.4. The molecule has 7 rings (SSSR count). The van der Waals surface area contributed by atoms with Gasteiger partial charge in [-0.3, -0.25) is 81.5 Å². The Balaban J connectivity index is 1.30. The van der Waals surface area contributed by atoms with Crippen LogP contribution in [0.25, 0.3) is 10.9 Å². The summed E-state index contributed by atoms with van der Waals surface area (Å²) in [6, 6.07) is -5.71. The number of benzene rings is 1. The Bertz CT molecular complexity index is 3610. The third-order valence-electron chi connectivity index (χ3n) is 18.7. The van der Waals surface area contributed by atoms with Crippen molar-refractivity contribution < 1.29 is 106 Å². The molecule has 35 heteroatoms. The highest BCUT2D eigenvalue weighted by Gasteiger charge is 2.45. The predicted octanol–water partition coefficient (Wildman–Crippen LogP) is -0.304.